The molecule has 4 amide bonds. The van der Waals surface area contributed by atoms with Gasteiger partial charge in [-0.25, -0.2) is 4.79 Å². The quantitative estimate of drug-likeness (QED) is 0.615. The fourth-order valence-corrected chi connectivity index (χ4v) is 3.45. The number of hydrogen-bond acceptors (Lipinski definition) is 5. The third-order valence-electron chi connectivity index (χ3n) is 4.42. The predicted molar refractivity (Wildman–Crippen MR) is 70.3 cm³/mol. The summed E-state index contributed by atoms with van der Waals surface area (Å²) in [5.74, 6) is -0.155. The van der Waals surface area contributed by atoms with Crippen molar-refractivity contribution in [1.82, 2.24) is 15.5 Å². The van der Waals surface area contributed by atoms with Gasteiger partial charge >= 0.3 is 6.03 Å². The van der Waals surface area contributed by atoms with Gasteiger partial charge in [0.1, 0.15) is 13.1 Å². The second-order valence-corrected chi connectivity index (χ2v) is 5.71. The molecule has 2 heterocycles. The number of nitrogens with one attached hydrogen (secondary N) is 2. The molecule has 3 fully saturated rings. The minimum absolute atomic E-state index is 0.0197. The van der Waals surface area contributed by atoms with Crippen LogP contribution in [0.15, 0.2) is 0 Å². The maximum atomic E-state index is 12.1. The Morgan fingerprint density at radius 1 is 1.52 bits per heavy atom. The Bertz CT molecular complexity index is 469. The Balaban J connectivity index is 1.54. The number of amides is 4. The number of nitrogens with zero attached hydrogens (tertiary/aromatic N) is 1. The lowest BCUT2D eigenvalue weighted by Crippen LogP contribution is -2.63. The van der Waals surface area contributed by atoms with Crippen molar-refractivity contribution in [3.63, 3.8) is 0 Å². The summed E-state index contributed by atoms with van der Waals surface area (Å²) >= 11 is 0. The minimum atomic E-state index is -0.515. The Labute approximate surface area is 122 Å². The molecule has 2 saturated heterocycles. The molecule has 0 spiro atoms. The van der Waals surface area contributed by atoms with Gasteiger partial charge in [0, 0.05) is 31.6 Å². The fourth-order valence-electron chi connectivity index (χ4n) is 3.45. The lowest BCUT2D eigenvalue weighted by atomic mass is 9.67. The average molecular weight is 297 g/mol. The van der Waals surface area contributed by atoms with Crippen molar-refractivity contribution in [2.24, 2.45) is 11.8 Å². The Morgan fingerprint density at radius 2 is 2.33 bits per heavy atom. The number of imide groups is 1. The van der Waals surface area contributed by atoms with Crippen molar-refractivity contribution in [2.75, 3.05) is 33.4 Å². The number of carbonyl (C=O) groups excluding carboxylic acids is 3. The van der Waals surface area contributed by atoms with Crippen LogP contribution in [-0.4, -0.2) is 68.3 Å². The number of carbonyl (C=O) groups is 3. The van der Waals surface area contributed by atoms with E-state index in [9.17, 15) is 14.4 Å². The van der Waals surface area contributed by atoms with E-state index in [-0.39, 0.29) is 43.0 Å². The first-order valence-electron chi connectivity index (χ1n) is 7.09. The zero-order valence-electron chi connectivity index (χ0n) is 11.8. The van der Waals surface area contributed by atoms with E-state index in [2.05, 4.69) is 10.6 Å². The molecule has 0 radical (unpaired) electrons. The van der Waals surface area contributed by atoms with Crippen LogP contribution in [0, 0.1) is 11.8 Å². The van der Waals surface area contributed by atoms with Gasteiger partial charge in [-0.15, -0.1) is 0 Å². The van der Waals surface area contributed by atoms with Gasteiger partial charge < -0.3 is 19.7 Å². The Kier molecular flexibility index (Phi) is 3.81. The molecule has 2 N–H and O–H groups in total. The molecule has 8 nitrogen and oxygen atoms in total. The van der Waals surface area contributed by atoms with E-state index >= 15 is 0 Å². The van der Waals surface area contributed by atoms with Crippen molar-refractivity contribution in [3.8, 4) is 0 Å². The Morgan fingerprint density at radius 3 is 3.00 bits per heavy atom. The Hall–Kier alpha value is -1.67. The first kappa shape index (κ1) is 14.3. The van der Waals surface area contributed by atoms with Crippen LogP contribution in [0.4, 0.5) is 4.79 Å². The zero-order valence-corrected chi connectivity index (χ0v) is 11.8. The summed E-state index contributed by atoms with van der Waals surface area (Å²) in [6.07, 6.45) is 1.09. The summed E-state index contributed by atoms with van der Waals surface area (Å²) in [6.45, 7) is 1.08. The van der Waals surface area contributed by atoms with E-state index < -0.39 is 6.03 Å². The van der Waals surface area contributed by atoms with Crippen LogP contribution in [0.2, 0.25) is 0 Å². The van der Waals surface area contributed by atoms with Gasteiger partial charge in [-0.05, 0) is 6.42 Å². The molecular weight excluding hydrogens is 278 g/mol. The molecule has 0 aromatic carbocycles. The topological polar surface area (TPSA) is 97.0 Å². The van der Waals surface area contributed by atoms with Crippen LogP contribution >= 0.6 is 0 Å². The monoisotopic (exact) mass is 297 g/mol. The largest absolute Gasteiger partial charge is 0.384 e. The van der Waals surface area contributed by atoms with Crippen LogP contribution in [-0.2, 0) is 19.1 Å². The van der Waals surface area contributed by atoms with Crippen LogP contribution < -0.4 is 10.6 Å². The molecule has 8 heteroatoms. The molecule has 2 aliphatic heterocycles. The number of methoxy groups -OCH3 is 1. The standard InChI is InChI=1S/C13H19N3O5/c1-20-6-8-11(7-2-3-21-12(7)8)14-9(17)4-16-5-10(18)15-13(16)19/h7-8,11-12H,2-6H2,1H3,(H,14,17)(H,15,18,19)/t7-,8+,11+,12-/m0/s1. The fraction of sp³-hybridized carbons (Fsp3) is 0.769. The number of hydrogen-bond donors (Lipinski definition) is 2. The lowest BCUT2D eigenvalue weighted by Gasteiger charge is -2.47. The van der Waals surface area contributed by atoms with Crippen molar-refractivity contribution in [3.05, 3.63) is 0 Å². The van der Waals surface area contributed by atoms with Crippen LogP contribution in [0.25, 0.3) is 0 Å². The molecule has 0 unspecified atom stereocenters. The number of fused-ring (bicyclic) bond motifs is 1. The smallest absolute Gasteiger partial charge is 0.325 e. The van der Waals surface area contributed by atoms with Crippen molar-refractivity contribution < 1.29 is 23.9 Å². The highest BCUT2D eigenvalue weighted by Gasteiger charge is 2.54. The molecule has 0 aromatic rings. The summed E-state index contributed by atoms with van der Waals surface area (Å²) in [6, 6.07) is -0.495. The second-order valence-electron chi connectivity index (χ2n) is 5.71. The summed E-state index contributed by atoms with van der Waals surface area (Å²) in [4.78, 5) is 35.8. The third kappa shape index (κ3) is 2.60. The van der Waals surface area contributed by atoms with E-state index in [1.807, 2.05) is 0 Å². The van der Waals surface area contributed by atoms with Crippen molar-refractivity contribution in [1.29, 1.82) is 0 Å². The maximum absolute atomic E-state index is 12.1. The molecule has 21 heavy (non-hydrogen) atoms. The zero-order chi connectivity index (χ0) is 15.0. The second kappa shape index (κ2) is 5.61. The molecule has 0 aromatic heterocycles. The first-order chi connectivity index (χ1) is 10.1. The van der Waals surface area contributed by atoms with E-state index in [0.29, 0.717) is 19.1 Å². The molecule has 3 aliphatic rings. The van der Waals surface area contributed by atoms with Gasteiger partial charge in [0.25, 0.3) is 0 Å². The van der Waals surface area contributed by atoms with Crippen molar-refractivity contribution in [2.45, 2.75) is 18.6 Å². The lowest BCUT2D eigenvalue weighted by molar-refractivity contribution is -0.130. The van der Waals surface area contributed by atoms with E-state index in [4.69, 9.17) is 9.47 Å². The highest BCUT2D eigenvalue weighted by atomic mass is 16.5. The van der Waals surface area contributed by atoms with Gasteiger partial charge in [0.2, 0.25) is 11.8 Å². The molecule has 116 valence electrons. The normalized spacial score (nSPS) is 34.4. The summed E-state index contributed by atoms with van der Waals surface area (Å²) in [5.41, 5.74) is 0. The van der Waals surface area contributed by atoms with Gasteiger partial charge in [0.15, 0.2) is 0 Å². The summed E-state index contributed by atoms with van der Waals surface area (Å²) in [5, 5.41) is 5.10. The molecule has 4 atom stereocenters. The van der Waals surface area contributed by atoms with Gasteiger partial charge in [-0.1, -0.05) is 0 Å². The summed E-state index contributed by atoms with van der Waals surface area (Å²) in [7, 11) is 1.63. The molecule has 3 rings (SSSR count). The third-order valence-corrected chi connectivity index (χ3v) is 4.42. The highest BCUT2D eigenvalue weighted by Crippen LogP contribution is 2.43. The highest BCUT2D eigenvalue weighted by molar-refractivity contribution is 6.03. The van der Waals surface area contributed by atoms with Crippen LogP contribution in [0.5, 0.6) is 0 Å². The van der Waals surface area contributed by atoms with E-state index in [0.717, 1.165) is 6.42 Å². The number of urea groups is 1. The van der Waals surface area contributed by atoms with Crippen molar-refractivity contribution >= 4 is 17.8 Å². The minimum Gasteiger partial charge on any atom is -0.384 e. The molecule has 1 aliphatic carbocycles. The molecule has 0 bridgehead atoms. The SMILES string of the molecule is COC[C@@H]1[C@H](NC(=O)CN2CC(=O)NC2=O)[C@@H]2CCO[C@H]12. The van der Waals surface area contributed by atoms with Gasteiger partial charge in [-0.2, -0.15) is 0 Å². The van der Waals surface area contributed by atoms with Gasteiger partial charge in [0.05, 0.1) is 12.7 Å². The number of rotatable bonds is 5. The summed E-state index contributed by atoms with van der Waals surface area (Å²) < 4.78 is 10.8. The predicted octanol–water partition coefficient (Wildman–Crippen LogP) is -1.30. The van der Waals surface area contributed by atoms with Crippen LogP contribution in [0.3, 0.4) is 0 Å². The molecule has 1 saturated carbocycles. The van der Waals surface area contributed by atoms with E-state index in [1.165, 1.54) is 4.90 Å². The average Bonchev–Trinajstić information content (AvgIpc) is 2.98. The van der Waals surface area contributed by atoms with Crippen LogP contribution in [0.1, 0.15) is 6.42 Å². The maximum Gasteiger partial charge on any atom is 0.325 e. The first-order valence-corrected chi connectivity index (χ1v) is 7.09. The number of ether oxygens (including phenoxy) is 2. The molecular formula is C13H19N3O5. The van der Waals surface area contributed by atoms with Gasteiger partial charge in [-0.3, -0.25) is 14.9 Å². The van der Waals surface area contributed by atoms with E-state index in [1.54, 1.807) is 7.11 Å².